The van der Waals surface area contributed by atoms with Gasteiger partial charge in [0.1, 0.15) is 0 Å². The Morgan fingerprint density at radius 1 is 1.50 bits per heavy atom. The molecule has 1 heterocycles. The molecular weight excluding hydrogens is 226 g/mol. The Hall–Kier alpha value is -0.610. The van der Waals surface area contributed by atoms with Gasteiger partial charge in [-0.3, -0.25) is 9.69 Å². The fraction of sp³-hybridized carbons (Fsp3) is 0.929. The van der Waals surface area contributed by atoms with Crippen molar-refractivity contribution in [1.29, 1.82) is 0 Å². The summed E-state index contributed by atoms with van der Waals surface area (Å²) in [4.78, 5) is 14.1. The summed E-state index contributed by atoms with van der Waals surface area (Å²) in [5.74, 6) is 0.479. The van der Waals surface area contributed by atoms with Crippen molar-refractivity contribution in [3.63, 3.8) is 0 Å². The van der Waals surface area contributed by atoms with Crippen molar-refractivity contribution in [3.8, 4) is 0 Å². The summed E-state index contributed by atoms with van der Waals surface area (Å²) in [7, 11) is 1.81. The number of nitrogens with zero attached hydrogens (tertiary/aromatic N) is 1. The molecule has 0 spiro atoms. The SMILES string of the molecule is CNC(C)(CC(C)N1CC(C)CCC1C)C(N)=O. The van der Waals surface area contributed by atoms with Crippen LogP contribution in [0.4, 0.5) is 0 Å². The number of likely N-dealkylation sites (N-methyl/N-ethyl adjacent to an activating group) is 1. The first-order chi connectivity index (χ1) is 8.30. The average Bonchev–Trinajstić information content (AvgIpc) is 2.31. The fourth-order valence-electron chi connectivity index (χ4n) is 2.97. The summed E-state index contributed by atoms with van der Waals surface area (Å²) >= 11 is 0. The Morgan fingerprint density at radius 2 is 2.11 bits per heavy atom. The summed E-state index contributed by atoms with van der Waals surface area (Å²) < 4.78 is 0. The highest BCUT2D eigenvalue weighted by Crippen LogP contribution is 2.26. The van der Waals surface area contributed by atoms with E-state index in [4.69, 9.17) is 5.73 Å². The van der Waals surface area contributed by atoms with Crippen LogP contribution in [0.3, 0.4) is 0 Å². The first kappa shape index (κ1) is 15.4. The number of hydrogen-bond donors (Lipinski definition) is 2. The van der Waals surface area contributed by atoms with Crippen LogP contribution in [-0.2, 0) is 4.79 Å². The highest BCUT2D eigenvalue weighted by Gasteiger charge is 2.35. The van der Waals surface area contributed by atoms with E-state index in [9.17, 15) is 4.79 Å². The molecule has 1 saturated heterocycles. The number of nitrogens with one attached hydrogen (secondary N) is 1. The van der Waals surface area contributed by atoms with Gasteiger partial charge in [-0.25, -0.2) is 0 Å². The molecule has 1 fully saturated rings. The average molecular weight is 255 g/mol. The molecule has 1 amide bonds. The second kappa shape index (κ2) is 6.02. The number of nitrogens with two attached hydrogens (primary N) is 1. The molecule has 0 aromatic carbocycles. The van der Waals surface area contributed by atoms with Crippen LogP contribution >= 0.6 is 0 Å². The van der Waals surface area contributed by atoms with Gasteiger partial charge in [-0.15, -0.1) is 0 Å². The Kier molecular flexibility index (Phi) is 5.17. The second-order valence-electron chi connectivity index (χ2n) is 6.23. The zero-order valence-corrected chi connectivity index (χ0v) is 12.5. The van der Waals surface area contributed by atoms with E-state index in [1.807, 2.05) is 6.92 Å². The molecule has 1 rings (SSSR count). The first-order valence-corrected chi connectivity index (χ1v) is 7.04. The largest absolute Gasteiger partial charge is 0.368 e. The Morgan fingerprint density at radius 3 is 2.61 bits per heavy atom. The minimum atomic E-state index is -0.611. The van der Waals surface area contributed by atoms with Crippen molar-refractivity contribution < 1.29 is 4.79 Å². The lowest BCUT2D eigenvalue weighted by Gasteiger charge is -2.43. The molecular formula is C14H29N3O. The molecule has 4 heteroatoms. The van der Waals surface area contributed by atoms with E-state index >= 15 is 0 Å². The van der Waals surface area contributed by atoms with Crippen LogP contribution in [0.1, 0.15) is 47.0 Å². The molecule has 4 unspecified atom stereocenters. The van der Waals surface area contributed by atoms with Gasteiger partial charge in [0, 0.05) is 18.6 Å². The quantitative estimate of drug-likeness (QED) is 0.779. The minimum absolute atomic E-state index is 0.269. The van der Waals surface area contributed by atoms with Crippen molar-refractivity contribution in [1.82, 2.24) is 10.2 Å². The smallest absolute Gasteiger partial charge is 0.237 e. The summed E-state index contributed by atoms with van der Waals surface area (Å²) in [6.07, 6.45) is 3.32. The van der Waals surface area contributed by atoms with Crippen molar-refractivity contribution >= 4 is 5.91 Å². The predicted octanol–water partition coefficient (Wildman–Crippen LogP) is 1.35. The number of rotatable bonds is 5. The van der Waals surface area contributed by atoms with E-state index in [1.165, 1.54) is 12.8 Å². The number of primary amides is 1. The molecule has 4 nitrogen and oxygen atoms in total. The third kappa shape index (κ3) is 3.45. The molecule has 1 aliphatic heterocycles. The Labute approximate surface area is 111 Å². The first-order valence-electron chi connectivity index (χ1n) is 7.04. The lowest BCUT2D eigenvalue weighted by Crippen LogP contribution is -2.56. The third-order valence-electron chi connectivity index (χ3n) is 4.53. The molecule has 0 saturated carbocycles. The van der Waals surface area contributed by atoms with Gasteiger partial charge in [0.2, 0.25) is 5.91 Å². The molecule has 3 N–H and O–H groups in total. The van der Waals surface area contributed by atoms with Gasteiger partial charge in [0.05, 0.1) is 5.54 Å². The predicted molar refractivity (Wildman–Crippen MR) is 75.3 cm³/mol. The number of likely N-dealkylation sites (tertiary alicyclic amines) is 1. The molecule has 18 heavy (non-hydrogen) atoms. The lowest BCUT2D eigenvalue weighted by molar-refractivity contribution is -0.124. The molecule has 0 aromatic rings. The fourth-order valence-corrected chi connectivity index (χ4v) is 2.97. The molecule has 0 radical (unpaired) electrons. The summed E-state index contributed by atoms with van der Waals surface area (Å²) in [6, 6.07) is 0.970. The molecule has 0 aromatic heterocycles. The monoisotopic (exact) mass is 255 g/mol. The van der Waals surface area contributed by atoms with E-state index in [2.05, 4.69) is 31.0 Å². The van der Waals surface area contributed by atoms with Crippen LogP contribution in [0, 0.1) is 5.92 Å². The summed E-state index contributed by atoms with van der Waals surface area (Å²) in [5, 5.41) is 3.07. The van der Waals surface area contributed by atoms with Crippen molar-refractivity contribution in [2.45, 2.75) is 64.6 Å². The maximum atomic E-state index is 11.6. The zero-order chi connectivity index (χ0) is 13.9. The van der Waals surface area contributed by atoms with E-state index in [-0.39, 0.29) is 5.91 Å². The molecule has 4 atom stereocenters. The maximum Gasteiger partial charge on any atom is 0.237 e. The van der Waals surface area contributed by atoms with Crippen LogP contribution in [0.25, 0.3) is 0 Å². The topological polar surface area (TPSA) is 58.4 Å². The zero-order valence-electron chi connectivity index (χ0n) is 12.5. The molecule has 0 bridgehead atoms. The molecule has 106 valence electrons. The van der Waals surface area contributed by atoms with E-state index < -0.39 is 5.54 Å². The van der Waals surface area contributed by atoms with Crippen LogP contribution < -0.4 is 11.1 Å². The van der Waals surface area contributed by atoms with Crippen LogP contribution in [0.15, 0.2) is 0 Å². The molecule has 1 aliphatic rings. The lowest BCUT2D eigenvalue weighted by atomic mass is 9.88. The molecule has 0 aliphatic carbocycles. The van der Waals surface area contributed by atoms with Crippen molar-refractivity contribution in [2.24, 2.45) is 11.7 Å². The van der Waals surface area contributed by atoms with Gasteiger partial charge in [0.25, 0.3) is 0 Å². The van der Waals surface area contributed by atoms with Crippen LogP contribution in [0.5, 0.6) is 0 Å². The van der Waals surface area contributed by atoms with Crippen LogP contribution in [-0.4, -0.2) is 42.0 Å². The Bertz CT molecular complexity index is 295. The van der Waals surface area contributed by atoms with Crippen molar-refractivity contribution in [3.05, 3.63) is 0 Å². The van der Waals surface area contributed by atoms with Gasteiger partial charge in [-0.05, 0) is 53.0 Å². The number of amides is 1. The Balaban J connectivity index is 2.68. The second-order valence-corrected chi connectivity index (χ2v) is 6.23. The number of piperidine rings is 1. The summed E-state index contributed by atoms with van der Waals surface area (Å²) in [5.41, 5.74) is 4.89. The number of carbonyl (C=O) groups excluding carboxylic acids is 1. The third-order valence-corrected chi connectivity index (χ3v) is 4.53. The number of carbonyl (C=O) groups is 1. The normalized spacial score (nSPS) is 30.7. The van der Waals surface area contributed by atoms with Gasteiger partial charge < -0.3 is 11.1 Å². The van der Waals surface area contributed by atoms with Crippen molar-refractivity contribution in [2.75, 3.05) is 13.6 Å². The van der Waals surface area contributed by atoms with E-state index in [0.717, 1.165) is 18.9 Å². The highest BCUT2D eigenvalue weighted by molar-refractivity contribution is 5.84. The van der Waals surface area contributed by atoms with Gasteiger partial charge in [-0.2, -0.15) is 0 Å². The standard InChI is InChI=1S/C14H29N3O/c1-10-6-7-11(2)17(9-10)12(3)8-14(4,16-5)13(15)18/h10-12,16H,6-9H2,1-5H3,(H2,15,18). The van der Waals surface area contributed by atoms with Gasteiger partial charge in [-0.1, -0.05) is 6.92 Å². The van der Waals surface area contributed by atoms with Crippen LogP contribution in [0.2, 0.25) is 0 Å². The minimum Gasteiger partial charge on any atom is -0.368 e. The van der Waals surface area contributed by atoms with Gasteiger partial charge in [0.15, 0.2) is 0 Å². The van der Waals surface area contributed by atoms with Gasteiger partial charge >= 0.3 is 0 Å². The highest BCUT2D eigenvalue weighted by atomic mass is 16.1. The number of hydrogen-bond acceptors (Lipinski definition) is 3. The van der Waals surface area contributed by atoms with E-state index in [0.29, 0.717) is 12.1 Å². The summed E-state index contributed by atoms with van der Waals surface area (Å²) in [6.45, 7) is 9.80. The maximum absolute atomic E-state index is 11.6. The van der Waals surface area contributed by atoms with E-state index in [1.54, 1.807) is 7.05 Å².